The molecule has 0 spiro atoms. The van der Waals surface area contributed by atoms with E-state index in [-0.39, 0.29) is 24.9 Å². The highest BCUT2D eigenvalue weighted by Crippen LogP contribution is 2.21. The molecule has 0 saturated carbocycles. The van der Waals surface area contributed by atoms with Gasteiger partial charge in [-0.3, -0.25) is 19.3 Å². The predicted octanol–water partition coefficient (Wildman–Crippen LogP) is 0.322. The van der Waals surface area contributed by atoms with Crippen LogP contribution >= 0.6 is 0 Å². The first-order chi connectivity index (χ1) is 9.72. The van der Waals surface area contributed by atoms with Crippen LogP contribution in [0.2, 0.25) is 0 Å². The fourth-order valence-corrected chi connectivity index (χ4v) is 2.58. The van der Waals surface area contributed by atoms with E-state index in [1.807, 2.05) is 0 Å². The first kappa shape index (κ1) is 17.1. The number of carbonyl (C=O) groups excluding carboxylic acids is 4. The van der Waals surface area contributed by atoms with Crippen LogP contribution in [0.1, 0.15) is 40.5 Å². The maximum absolute atomic E-state index is 12.3. The van der Waals surface area contributed by atoms with Crippen LogP contribution in [0, 0.1) is 0 Å². The molecular weight excluding hydrogens is 276 g/mol. The van der Waals surface area contributed by atoms with Gasteiger partial charge in [0.1, 0.15) is 6.04 Å². The van der Waals surface area contributed by atoms with Crippen LogP contribution in [0.15, 0.2) is 0 Å². The number of hydrogen-bond donors (Lipinski definition) is 0. The number of likely N-dealkylation sites (tertiary alicyclic amines) is 1. The summed E-state index contributed by atoms with van der Waals surface area (Å²) >= 11 is 0. The third-order valence-electron chi connectivity index (χ3n) is 3.43. The molecule has 0 aromatic carbocycles. The van der Waals surface area contributed by atoms with Gasteiger partial charge in [-0.2, -0.15) is 0 Å². The van der Waals surface area contributed by atoms with Crippen molar-refractivity contribution in [3.05, 3.63) is 0 Å². The van der Waals surface area contributed by atoms with Gasteiger partial charge in [-0.1, -0.05) is 0 Å². The SMILES string of the molecule is COC(=O)C1CCC(=O)N1C(=O)C(=O)N(C(C)C)C(C)C. The van der Waals surface area contributed by atoms with Crippen molar-refractivity contribution in [2.24, 2.45) is 0 Å². The van der Waals surface area contributed by atoms with Crippen molar-refractivity contribution in [3.8, 4) is 0 Å². The quantitative estimate of drug-likeness (QED) is 0.553. The van der Waals surface area contributed by atoms with Gasteiger partial charge < -0.3 is 9.64 Å². The van der Waals surface area contributed by atoms with Crippen molar-refractivity contribution in [3.63, 3.8) is 0 Å². The van der Waals surface area contributed by atoms with E-state index in [4.69, 9.17) is 0 Å². The fraction of sp³-hybridized carbons (Fsp3) is 0.714. The monoisotopic (exact) mass is 298 g/mol. The molecule has 1 unspecified atom stereocenters. The van der Waals surface area contributed by atoms with E-state index < -0.39 is 29.7 Å². The van der Waals surface area contributed by atoms with E-state index in [0.29, 0.717) is 0 Å². The van der Waals surface area contributed by atoms with Gasteiger partial charge in [-0.25, -0.2) is 4.79 Å². The third kappa shape index (κ3) is 3.40. The fourth-order valence-electron chi connectivity index (χ4n) is 2.58. The number of amides is 3. The van der Waals surface area contributed by atoms with Gasteiger partial charge in [0.15, 0.2) is 0 Å². The number of esters is 1. The summed E-state index contributed by atoms with van der Waals surface area (Å²) < 4.78 is 4.59. The van der Waals surface area contributed by atoms with Crippen molar-refractivity contribution in [1.29, 1.82) is 0 Å². The summed E-state index contributed by atoms with van der Waals surface area (Å²) in [7, 11) is 1.18. The molecule has 7 heteroatoms. The molecule has 0 aliphatic carbocycles. The highest BCUT2D eigenvalue weighted by Gasteiger charge is 2.44. The van der Waals surface area contributed by atoms with Crippen molar-refractivity contribution < 1.29 is 23.9 Å². The summed E-state index contributed by atoms with van der Waals surface area (Å²) in [5.74, 6) is -2.93. The highest BCUT2D eigenvalue weighted by atomic mass is 16.5. The van der Waals surface area contributed by atoms with Gasteiger partial charge in [0.25, 0.3) is 0 Å². The second kappa shape index (κ2) is 6.69. The zero-order valence-corrected chi connectivity index (χ0v) is 13.1. The molecule has 1 saturated heterocycles. The second-order valence-corrected chi connectivity index (χ2v) is 5.55. The molecule has 1 heterocycles. The van der Waals surface area contributed by atoms with E-state index in [0.717, 1.165) is 4.90 Å². The van der Waals surface area contributed by atoms with Crippen molar-refractivity contribution in [1.82, 2.24) is 9.80 Å². The normalized spacial score (nSPS) is 18.3. The molecule has 21 heavy (non-hydrogen) atoms. The maximum atomic E-state index is 12.3. The topological polar surface area (TPSA) is 84.0 Å². The molecule has 1 aliphatic heterocycles. The summed E-state index contributed by atoms with van der Waals surface area (Å²) in [4.78, 5) is 50.3. The van der Waals surface area contributed by atoms with Crippen molar-refractivity contribution >= 4 is 23.7 Å². The number of hydrogen-bond acceptors (Lipinski definition) is 5. The molecule has 3 amide bonds. The van der Waals surface area contributed by atoms with E-state index in [1.54, 1.807) is 27.7 Å². The van der Waals surface area contributed by atoms with Crippen LogP contribution in [-0.2, 0) is 23.9 Å². The second-order valence-electron chi connectivity index (χ2n) is 5.55. The summed E-state index contributed by atoms with van der Waals surface area (Å²) in [5, 5.41) is 0. The molecule has 1 aliphatic rings. The van der Waals surface area contributed by atoms with Gasteiger partial charge in [-0.05, 0) is 34.1 Å². The molecule has 1 fully saturated rings. The van der Waals surface area contributed by atoms with E-state index in [9.17, 15) is 19.2 Å². The first-order valence-corrected chi connectivity index (χ1v) is 6.98. The Morgan fingerprint density at radius 2 is 1.71 bits per heavy atom. The smallest absolute Gasteiger partial charge is 0.329 e. The molecule has 118 valence electrons. The molecule has 0 aromatic heterocycles. The standard InChI is InChI=1S/C14H22N2O5/c1-8(2)15(9(3)4)12(18)13(19)16-10(14(20)21-5)6-7-11(16)17/h8-10H,6-7H2,1-5H3. The lowest BCUT2D eigenvalue weighted by atomic mass is 10.2. The summed E-state index contributed by atoms with van der Waals surface area (Å²) in [6.07, 6.45) is 0.246. The third-order valence-corrected chi connectivity index (χ3v) is 3.43. The number of methoxy groups -OCH3 is 1. The molecule has 0 aromatic rings. The summed E-state index contributed by atoms with van der Waals surface area (Å²) in [5.41, 5.74) is 0. The van der Waals surface area contributed by atoms with E-state index in [1.165, 1.54) is 12.0 Å². The Morgan fingerprint density at radius 1 is 1.19 bits per heavy atom. The molecule has 7 nitrogen and oxygen atoms in total. The molecule has 1 atom stereocenters. The molecule has 0 N–H and O–H groups in total. The Hall–Kier alpha value is -1.92. The van der Waals surface area contributed by atoms with E-state index in [2.05, 4.69) is 4.74 Å². The summed E-state index contributed by atoms with van der Waals surface area (Å²) in [6, 6.07) is -1.37. The van der Waals surface area contributed by atoms with Gasteiger partial charge in [-0.15, -0.1) is 0 Å². The van der Waals surface area contributed by atoms with Crippen molar-refractivity contribution in [2.75, 3.05) is 7.11 Å². The average molecular weight is 298 g/mol. The van der Waals surface area contributed by atoms with Crippen LogP contribution in [0.4, 0.5) is 0 Å². The highest BCUT2D eigenvalue weighted by molar-refractivity contribution is 6.38. The minimum atomic E-state index is -1.000. The molecular formula is C14H22N2O5. The molecule has 1 rings (SSSR count). The first-order valence-electron chi connectivity index (χ1n) is 6.98. The Labute approximate surface area is 124 Å². The lowest BCUT2D eigenvalue weighted by Crippen LogP contribution is -2.54. The number of carbonyl (C=O) groups is 4. The zero-order chi connectivity index (χ0) is 16.3. The number of imide groups is 1. The van der Waals surface area contributed by atoms with Crippen LogP contribution in [0.5, 0.6) is 0 Å². The van der Waals surface area contributed by atoms with Crippen LogP contribution in [0.3, 0.4) is 0 Å². The van der Waals surface area contributed by atoms with Crippen LogP contribution < -0.4 is 0 Å². The average Bonchev–Trinajstić information content (AvgIpc) is 2.77. The lowest BCUT2D eigenvalue weighted by Gasteiger charge is -2.32. The van der Waals surface area contributed by atoms with Gasteiger partial charge in [0.2, 0.25) is 5.91 Å². The zero-order valence-electron chi connectivity index (χ0n) is 13.1. The lowest BCUT2D eigenvalue weighted by molar-refractivity contribution is -0.162. The minimum Gasteiger partial charge on any atom is -0.467 e. The number of rotatable bonds is 3. The number of ether oxygens (including phenoxy) is 1. The maximum Gasteiger partial charge on any atom is 0.329 e. The summed E-state index contributed by atoms with van der Waals surface area (Å²) in [6.45, 7) is 7.15. The largest absolute Gasteiger partial charge is 0.467 e. The predicted molar refractivity (Wildman–Crippen MR) is 74.0 cm³/mol. The molecule has 0 bridgehead atoms. The minimum absolute atomic E-state index is 0.0577. The number of nitrogens with zero attached hydrogens (tertiary/aromatic N) is 2. The van der Waals surface area contributed by atoms with Gasteiger partial charge in [0.05, 0.1) is 7.11 Å². The molecule has 0 radical (unpaired) electrons. The Bertz CT molecular complexity index is 450. The Balaban J connectivity index is 3.01. The van der Waals surface area contributed by atoms with Gasteiger partial charge in [0, 0.05) is 18.5 Å². The Morgan fingerprint density at radius 3 is 2.14 bits per heavy atom. The van der Waals surface area contributed by atoms with Crippen LogP contribution in [0.25, 0.3) is 0 Å². The Kier molecular flexibility index (Phi) is 5.46. The van der Waals surface area contributed by atoms with Gasteiger partial charge >= 0.3 is 17.8 Å². The van der Waals surface area contributed by atoms with Crippen molar-refractivity contribution in [2.45, 2.75) is 58.7 Å². The van der Waals surface area contributed by atoms with E-state index >= 15 is 0 Å². The van der Waals surface area contributed by atoms with Crippen LogP contribution in [-0.4, -0.2) is 58.7 Å².